The number of fused-ring (bicyclic) bond motifs is 3. The van der Waals surface area contributed by atoms with Crippen molar-refractivity contribution in [3.05, 3.63) is 66.1 Å². The van der Waals surface area contributed by atoms with Crippen molar-refractivity contribution in [2.75, 3.05) is 11.9 Å². The van der Waals surface area contributed by atoms with E-state index >= 15 is 0 Å². The van der Waals surface area contributed by atoms with Crippen LogP contribution in [0.5, 0.6) is 5.88 Å². The number of alkyl halides is 3. The summed E-state index contributed by atoms with van der Waals surface area (Å²) in [5.74, 6) is -3.60. The normalized spacial score (nSPS) is 28.2. The average molecular weight is 774 g/mol. The van der Waals surface area contributed by atoms with E-state index in [0.29, 0.717) is 49.6 Å². The van der Waals surface area contributed by atoms with Gasteiger partial charge < -0.3 is 20.3 Å². The van der Waals surface area contributed by atoms with Gasteiger partial charge in [-0.05, 0) is 73.2 Å². The largest absolute Gasteiger partial charge is 0.472 e. The van der Waals surface area contributed by atoms with Gasteiger partial charge in [0, 0.05) is 23.7 Å². The zero-order valence-corrected chi connectivity index (χ0v) is 30.5. The number of nitrogens with one attached hydrogen (secondary N) is 3. The van der Waals surface area contributed by atoms with Crippen molar-refractivity contribution in [3.8, 4) is 5.88 Å². The van der Waals surface area contributed by atoms with E-state index in [9.17, 15) is 40.4 Å². The number of benzene rings is 2. The van der Waals surface area contributed by atoms with Crippen LogP contribution in [0.2, 0.25) is 0 Å². The van der Waals surface area contributed by atoms with Crippen molar-refractivity contribution < 1.29 is 45.1 Å². The van der Waals surface area contributed by atoms with Crippen molar-refractivity contribution in [1.82, 2.24) is 19.9 Å². The first-order valence-electron chi connectivity index (χ1n) is 18.5. The van der Waals surface area contributed by atoms with Crippen LogP contribution in [0.1, 0.15) is 76.7 Å². The minimum Gasteiger partial charge on any atom is -0.472 e. The van der Waals surface area contributed by atoms with Crippen molar-refractivity contribution in [2.45, 2.75) is 106 Å². The summed E-state index contributed by atoms with van der Waals surface area (Å²) in [6.07, 6.45) is 0.661. The standard InChI is InChI=1S/C38H43F4N5O6S/c1-22-8-4-2-3-5-11-31(44-24-12-15-30(39)28(18-24)38(40,41)42)35(49)47-21-25(53-34-27-10-7-6-9-23(27)16-17-43-34)19-32(47)33(48)45-37(20-29(22)37)36(50)46-54(51,52)26-13-14-26/h6-7,9-10,12,15-18,22,25-26,29,31-32,44H,2-5,8,11,13-14,19-21H2,1H3,(H,45,48)(H,46,50)/t22?,25-,29+,31+,32+,37-/m1/s1. The Hall–Kier alpha value is -4.47. The van der Waals surface area contributed by atoms with E-state index in [1.807, 2.05) is 37.3 Å². The number of carbonyl (C=O) groups is 3. The van der Waals surface area contributed by atoms with Gasteiger partial charge in [0.2, 0.25) is 27.7 Å². The van der Waals surface area contributed by atoms with E-state index in [0.717, 1.165) is 24.3 Å². The quantitative estimate of drug-likeness (QED) is 0.260. The summed E-state index contributed by atoms with van der Waals surface area (Å²) >= 11 is 0. The molecule has 1 unspecified atom stereocenters. The summed E-state index contributed by atoms with van der Waals surface area (Å²) in [6, 6.07) is 9.37. The third-order valence-corrected chi connectivity index (χ3v) is 13.0. The fraction of sp³-hybridized carbons (Fsp3) is 0.526. The Morgan fingerprint density at radius 3 is 2.50 bits per heavy atom. The molecule has 2 saturated carbocycles. The van der Waals surface area contributed by atoms with Crippen molar-refractivity contribution in [2.24, 2.45) is 11.8 Å². The number of halogens is 4. The molecular weight excluding hydrogens is 731 g/mol. The lowest BCUT2D eigenvalue weighted by molar-refractivity contribution is -0.140. The molecule has 0 radical (unpaired) electrons. The number of hydrogen-bond acceptors (Lipinski definition) is 8. The Morgan fingerprint density at radius 1 is 1.02 bits per heavy atom. The Morgan fingerprint density at radius 2 is 1.76 bits per heavy atom. The number of carbonyl (C=O) groups excluding carboxylic acids is 3. The number of amides is 3. The molecule has 3 amide bonds. The molecule has 7 rings (SSSR count). The van der Waals surface area contributed by atoms with Crippen molar-refractivity contribution in [3.63, 3.8) is 0 Å². The Kier molecular flexibility index (Phi) is 10.3. The van der Waals surface area contributed by atoms with Gasteiger partial charge in [-0.3, -0.25) is 19.1 Å². The molecule has 0 bridgehead atoms. The number of nitrogens with zero attached hydrogens (tertiary/aromatic N) is 2. The van der Waals surface area contributed by atoms with Crippen LogP contribution in [-0.4, -0.2) is 71.5 Å². The molecule has 3 aromatic rings. The lowest BCUT2D eigenvalue weighted by Crippen LogP contribution is -2.58. The van der Waals surface area contributed by atoms with E-state index in [1.165, 1.54) is 4.90 Å². The van der Waals surface area contributed by atoms with Crippen LogP contribution in [0, 0.1) is 17.7 Å². The first kappa shape index (κ1) is 37.8. The van der Waals surface area contributed by atoms with Crippen LogP contribution >= 0.6 is 0 Å². The first-order valence-corrected chi connectivity index (χ1v) is 20.0. The molecule has 0 spiro atoms. The molecule has 2 aliphatic heterocycles. The molecule has 2 aliphatic carbocycles. The Bertz CT molecular complexity index is 2040. The van der Waals surface area contributed by atoms with Crippen molar-refractivity contribution >= 4 is 44.2 Å². The molecule has 3 N–H and O–H groups in total. The zero-order chi connectivity index (χ0) is 38.4. The maximum atomic E-state index is 14.6. The molecule has 54 heavy (non-hydrogen) atoms. The minimum absolute atomic E-state index is 0.0117. The van der Waals surface area contributed by atoms with E-state index in [4.69, 9.17) is 4.74 Å². The molecule has 3 heterocycles. The van der Waals surface area contributed by atoms with Crippen LogP contribution in [0.25, 0.3) is 10.8 Å². The van der Waals surface area contributed by atoms with Crippen LogP contribution in [0.3, 0.4) is 0 Å². The van der Waals surface area contributed by atoms with E-state index in [1.54, 1.807) is 6.20 Å². The second kappa shape index (κ2) is 14.6. The van der Waals surface area contributed by atoms with Crippen LogP contribution in [-0.2, 0) is 30.6 Å². The van der Waals surface area contributed by atoms with E-state index in [2.05, 4.69) is 20.3 Å². The number of ether oxygens (including phenoxy) is 1. The lowest BCUT2D eigenvalue weighted by Gasteiger charge is -2.30. The highest BCUT2D eigenvalue weighted by atomic mass is 32.2. The van der Waals surface area contributed by atoms with Crippen LogP contribution in [0.4, 0.5) is 23.2 Å². The van der Waals surface area contributed by atoms with Gasteiger partial charge in [0.25, 0.3) is 5.91 Å². The third-order valence-electron chi connectivity index (χ3n) is 11.2. The molecule has 290 valence electrons. The summed E-state index contributed by atoms with van der Waals surface area (Å²) in [7, 11) is -3.93. The van der Waals surface area contributed by atoms with Gasteiger partial charge in [-0.25, -0.2) is 17.8 Å². The third kappa shape index (κ3) is 7.85. The number of aromatic nitrogens is 1. The first-order chi connectivity index (χ1) is 25.7. The minimum atomic E-state index is -4.97. The lowest BCUT2D eigenvalue weighted by atomic mass is 9.94. The van der Waals surface area contributed by atoms with Crippen LogP contribution < -0.4 is 20.1 Å². The fourth-order valence-electron chi connectivity index (χ4n) is 8.00. The highest BCUT2D eigenvalue weighted by Gasteiger charge is 2.64. The molecule has 4 fully saturated rings. The van der Waals surface area contributed by atoms with Gasteiger partial charge in [0.1, 0.15) is 29.5 Å². The predicted molar refractivity (Wildman–Crippen MR) is 191 cm³/mol. The van der Waals surface area contributed by atoms with E-state index in [-0.39, 0.29) is 49.2 Å². The fourth-order valence-corrected chi connectivity index (χ4v) is 9.36. The second-order valence-corrected chi connectivity index (χ2v) is 17.1. The predicted octanol–water partition coefficient (Wildman–Crippen LogP) is 5.70. The number of hydrogen-bond donors (Lipinski definition) is 3. The monoisotopic (exact) mass is 773 g/mol. The smallest absolute Gasteiger partial charge is 0.419 e. The topological polar surface area (TPSA) is 147 Å². The van der Waals surface area contributed by atoms with Crippen LogP contribution in [0.15, 0.2) is 54.7 Å². The molecule has 2 saturated heterocycles. The Labute approximate surface area is 310 Å². The molecule has 1 aromatic heterocycles. The number of anilines is 1. The second-order valence-electron chi connectivity index (χ2n) is 15.1. The van der Waals surface area contributed by atoms with Crippen molar-refractivity contribution in [1.29, 1.82) is 0 Å². The molecule has 2 aromatic carbocycles. The number of pyridine rings is 1. The highest BCUT2D eigenvalue weighted by Crippen LogP contribution is 2.51. The molecule has 16 heteroatoms. The van der Waals surface area contributed by atoms with Gasteiger partial charge in [0.15, 0.2) is 0 Å². The number of sulfonamides is 1. The summed E-state index contributed by atoms with van der Waals surface area (Å²) in [5.41, 5.74) is -3.11. The Balaban J connectivity index is 1.22. The van der Waals surface area contributed by atoms with Gasteiger partial charge in [-0.2, -0.15) is 13.2 Å². The van der Waals surface area contributed by atoms with E-state index < -0.39 is 74.3 Å². The molecule has 6 atom stereocenters. The maximum Gasteiger partial charge on any atom is 0.419 e. The van der Waals surface area contributed by atoms with Gasteiger partial charge in [0.05, 0.1) is 17.4 Å². The summed E-state index contributed by atoms with van der Waals surface area (Å²) in [6.45, 7) is 1.88. The summed E-state index contributed by atoms with van der Waals surface area (Å²) in [4.78, 5) is 48.5. The zero-order valence-electron chi connectivity index (χ0n) is 29.7. The van der Waals surface area contributed by atoms with Gasteiger partial charge in [-0.15, -0.1) is 0 Å². The summed E-state index contributed by atoms with van der Waals surface area (Å²) < 4.78 is 89.4. The highest BCUT2D eigenvalue weighted by molar-refractivity contribution is 7.91. The molecule has 4 aliphatic rings. The maximum absolute atomic E-state index is 14.6. The average Bonchev–Trinajstić information content (AvgIpc) is 4.06. The van der Waals surface area contributed by atoms with Gasteiger partial charge in [-0.1, -0.05) is 57.2 Å². The van der Waals surface area contributed by atoms with Gasteiger partial charge >= 0.3 is 6.18 Å². The number of rotatable bonds is 7. The summed E-state index contributed by atoms with van der Waals surface area (Å²) in [5, 5.41) is 6.68. The molecule has 11 nitrogen and oxygen atoms in total. The SMILES string of the molecule is CC1CCCCCC[C@H](Nc2ccc(F)c(C(F)(F)F)c2)C(=O)N2C[C@H](Oc3nccc4ccccc34)C[C@H]2C(=O)N[C@]2(C(=O)NS(=O)(=O)C3CC3)C[C@@H]12. The molecular formula is C38H43F4N5O6S.